The summed E-state index contributed by atoms with van der Waals surface area (Å²) in [4.78, 5) is 30.4. The van der Waals surface area contributed by atoms with Gasteiger partial charge in [-0.1, -0.05) is 67.6 Å². The summed E-state index contributed by atoms with van der Waals surface area (Å²) < 4.78 is 12.5. The van der Waals surface area contributed by atoms with Gasteiger partial charge < -0.3 is 24.8 Å². The molecule has 0 fully saturated rings. The number of fused-ring (bicyclic) bond motifs is 1. The monoisotopic (exact) mass is 607 g/mol. The van der Waals surface area contributed by atoms with Crippen molar-refractivity contribution in [2.24, 2.45) is 5.92 Å². The van der Waals surface area contributed by atoms with Crippen LogP contribution in [0.2, 0.25) is 0 Å². The Kier molecular flexibility index (Phi) is 10.5. The lowest BCUT2D eigenvalue weighted by Crippen LogP contribution is -2.49. The van der Waals surface area contributed by atoms with Crippen molar-refractivity contribution in [2.75, 3.05) is 32.1 Å². The summed E-state index contributed by atoms with van der Waals surface area (Å²) in [6.07, 6.45) is -0.000431. The molecule has 5 rings (SSSR count). The first kappa shape index (κ1) is 31.8. The molecule has 0 spiro atoms. The number of likely N-dealkylation sites (N-methyl/N-ethyl adjacent to an activating group) is 1. The summed E-state index contributed by atoms with van der Waals surface area (Å²) in [6.45, 7) is 5.50. The Hall–Kier alpha value is -4.66. The van der Waals surface area contributed by atoms with Gasteiger partial charge >= 0.3 is 0 Å². The van der Waals surface area contributed by atoms with E-state index in [1.807, 2.05) is 79.7 Å². The largest absolute Gasteiger partial charge is 0.488 e. The Morgan fingerprint density at radius 3 is 2.33 bits per heavy atom. The zero-order chi connectivity index (χ0) is 31.8. The summed E-state index contributed by atoms with van der Waals surface area (Å²) in [5.74, 6) is 1.62. The maximum atomic E-state index is 13.8. The number of aliphatic hydroxyl groups excluding tert-OH is 1. The molecule has 1 heterocycles. The molecule has 4 aromatic rings. The molecule has 0 aliphatic carbocycles. The van der Waals surface area contributed by atoms with Crippen LogP contribution in [0.4, 0.5) is 5.69 Å². The smallest absolute Gasteiger partial charge is 0.258 e. The molecule has 8 nitrogen and oxygen atoms in total. The molecule has 0 radical (unpaired) electrons. The highest BCUT2D eigenvalue weighted by Crippen LogP contribution is 2.31. The van der Waals surface area contributed by atoms with E-state index in [0.717, 1.165) is 22.6 Å². The maximum Gasteiger partial charge on any atom is 0.258 e. The van der Waals surface area contributed by atoms with Crippen LogP contribution in [-0.4, -0.2) is 65.6 Å². The van der Waals surface area contributed by atoms with E-state index in [2.05, 4.69) is 36.3 Å². The number of hydrogen-bond donors (Lipinski definition) is 2. The summed E-state index contributed by atoms with van der Waals surface area (Å²) >= 11 is 0. The molecule has 1 aliphatic rings. The standard InChI is InChI=1S/C37H41N3O5/c1-26-22-40(27(2)25-41)37(43)33-21-30(38-36(42)20-28-10-6-4-7-11-28)16-19-34(33)45-35(26)24-39(3)23-29-14-17-32(18-15-29)44-31-12-8-5-9-13-31/h4-19,21,26-27,35,41H,20,22-25H2,1-3H3,(H,38,42)/t26-,27-,35+/m1/s1. The lowest BCUT2D eigenvalue weighted by molar-refractivity contribution is -0.115. The number of para-hydroxylation sites is 1. The van der Waals surface area contributed by atoms with Crippen LogP contribution in [0.25, 0.3) is 0 Å². The zero-order valence-corrected chi connectivity index (χ0v) is 26.1. The van der Waals surface area contributed by atoms with Gasteiger partial charge in [0, 0.05) is 31.2 Å². The normalized spacial score (nSPS) is 17.1. The number of carbonyl (C=O) groups excluding carboxylic acids is 2. The van der Waals surface area contributed by atoms with Crippen molar-refractivity contribution in [2.45, 2.75) is 39.0 Å². The Bertz CT molecular complexity index is 1560. The molecule has 45 heavy (non-hydrogen) atoms. The number of anilines is 1. The predicted octanol–water partition coefficient (Wildman–Crippen LogP) is 6.01. The zero-order valence-electron chi connectivity index (χ0n) is 26.1. The summed E-state index contributed by atoms with van der Waals surface area (Å²) in [5, 5.41) is 12.9. The number of nitrogens with zero attached hydrogens (tertiary/aromatic N) is 2. The van der Waals surface area contributed by atoms with E-state index in [1.165, 1.54) is 0 Å². The van der Waals surface area contributed by atoms with Crippen molar-refractivity contribution in [1.82, 2.24) is 9.80 Å². The van der Waals surface area contributed by atoms with Crippen LogP contribution in [-0.2, 0) is 17.8 Å². The molecule has 0 aromatic heterocycles. The minimum atomic E-state index is -0.378. The van der Waals surface area contributed by atoms with Gasteiger partial charge in [-0.3, -0.25) is 14.5 Å². The van der Waals surface area contributed by atoms with E-state index >= 15 is 0 Å². The molecule has 3 atom stereocenters. The molecule has 0 saturated carbocycles. The van der Waals surface area contributed by atoms with Gasteiger partial charge in [-0.2, -0.15) is 0 Å². The first-order chi connectivity index (χ1) is 21.8. The van der Waals surface area contributed by atoms with Gasteiger partial charge in [-0.25, -0.2) is 0 Å². The highest BCUT2D eigenvalue weighted by atomic mass is 16.5. The Labute approximate surface area is 265 Å². The lowest BCUT2D eigenvalue weighted by Gasteiger charge is -2.38. The number of carbonyl (C=O) groups is 2. The van der Waals surface area contributed by atoms with Crippen LogP contribution in [0.15, 0.2) is 103 Å². The van der Waals surface area contributed by atoms with Crippen LogP contribution in [0.3, 0.4) is 0 Å². The SMILES string of the molecule is C[C@@H]1CN([C@H](C)CO)C(=O)c2cc(NC(=O)Cc3ccccc3)ccc2O[C@H]1CN(C)Cc1ccc(Oc2ccccc2)cc1. The molecule has 0 bridgehead atoms. The molecule has 2 amide bonds. The molecular formula is C37H41N3O5. The molecule has 1 aliphatic heterocycles. The van der Waals surface area contributed by atoms with Gasteiger partial charge in [-0.05, 0) is 67.6 Å². The van der Waals surface area contributed by atoms with Crippen LogP contribution >= 0.6 is 0 Å². The second-order valence-corrected chi connectivity index (χ2v) is 11.8. The average Bonchev–Trinajstić information content (AvgIpc) is 3.04. The second kappa shape index (κ2) is 14.9. The topological polar surface area (TPSA) is 91.3 Å². The number of amides is 2. The van der Waals surface area contributed by atoms with Gasteiger partial charge in [0.05, 0.1) is 24.6 Å². The van der Waals surface area contributed by atoms with Crippen LogP contribution < -0.4 is 14.8 Å². The number of hydrogen-bond acceptors (Lipinski definition) is 6. The van der Waals surface area contributed by atoms with E-state index in [4.69, 9.17) is 9.47 Å². The molecule has 234 valence electrons. The average molecular weight is 608 g/mol. The Balaban J connectivity index is 1.29. The summed E-state index contributed by atoms with van der Waals surface area (Å²) in [5.41, 5.74) is 2.92. The third kappa shape index (κ3) is 8.50. The van der Waals surface area contributed by atoms with Crippen molar-refractivity contribution >= 4 is 17.5 Å². The molecule has 8 heteroatoms. The number of benzene rings is 4. The maximum absolute atomic E-state index is 13.8. The molecule has 2 N–H and O–H groups in total. The molecule has 4 aromatic carbocycles. The fraction of sp³-hybridized carbons (Fsp3) is 0.297. The van der Waals surface area contributed by atoms with Crippen molar-refractivity contribution < 1.29 is 24.2 Å². The predicted molar refractivity (Wildman–Crippen MR) is 176 cm³/mol. The molecular weight excluding hydrogens is 566 g/mol. The third-order valence-corrected chi connectivity index (χ3v) is 8.00. The highest BCUT2D eigenvalue weighted by Gasteiger charge is 2.33. The third-order valence-electron chi connectivity index (χ3n) is 8.00. The second-order valence-electron chi connectivity index (χ2n) is 11.8. The van der Waals surface area contributed by atoms with Crippen LogP contribution in [0.1, 0.15) is 35.3 Å². The molecule has 0 saturated heterocycles. The van der Waals surface area contributed by atoms with Crippen molar-refractivity contribution in [3.63, 3.8) is 0 Å². The lowest BCUT2D eigenvalue weighted by atomic mass is 9.99. The van der Waals surface area contributed by atoms with E-state index in [1.54, 1.807) is 23.1 Å². The quantitative estimate of drug-likeness (QED) is 0.217. The minimum Gasteiger partial charge on any atom is -0.488 e. The van der Waals surface area contributed by atoms with Crippen molar-refractivity contribution in [3.05, 3.63) is 120 Å². The fourth-order valence-electron chi connectivity index (χ4n) is 5.48. The van der Waals surface area contributed by atoms with Crippen molar-refractivity contribution in [1.29, 1.82) is 0 Å². The fourth-order valence-corrected chi connectivity index (χ4v) is 5.48. The minimum absolute atomic E-state index is 0.00884. The Morgan fingerprint density at radius 2 is 1.64 bits per heavy atom. The first-order valence-electron chi connectivity index (χ1n) is 15.4. The number of nitrogens with one attached hydrogen (secondary N) is 1. The van der Waals surface area contributed by atoms with Gasteiger partial charge in [-0.15, -0.1) is 0 Å². The van der Waals surface area contributed by atoms with Gasteiger partial charge in [0.15, 0.2) is 0 Å². The van der Waals surface area contributed by atoms with E-state index in [0.29, 0.717) is 36.6 Å². The van der Waals surface area contributed by atoms with E-state index < -0.39 is 0 Å². The van der Waals surface area contributed by atoms with Crippen LogP contribution in [0, 0.1) is 5.92 Å². The molecule has 0 unspecified atom stereocenters. The van der Waals surface area contributed by atoms with Crippen LogP contribution in [0.5, 0.6) is 17.2 Å². The van der Waals surface area contributed by atoms with Gasteiger partial charge in [0.1, 0.15) is 23.4 Å². The summed E-state index contributed by atoms with van der Waals surface area (Å²) in [7, 11) is 2.05. The van der Waals surface area contributed by atoms with E-state index in [-0.39, 0.29) is 42.9 Å². The summed E-state index contributed by atoms with van der Waals surface area (Å²) in [6, 6.07) is 32.1. The first-order valence-corrected chi connectivity index (χ1v) is 15.4. The highest BCUT2D eigenvalue weighted by molar-refractivity contribution is 6.00. The number of aliphatic hydroxyl groups is 1. The van der Waals surface area contributed by atoms with Crippen molar-refractivity contribution in [3.8, 4) is 17.2 Å². The number of ether oxygens (including phenoxy) is 2. The Morgan fingerprint density at radius 1 is 0.978 bits per heavy atom. The van der Waals surface area contributed by atoms with Gasteiger partial charge in [0.25, 0.3) is 5.91 Å². The number of rotatable bonds is 11. The van der Waals surface area contributed by atoms with E-state index in [9.17, 15) is 14.7 Å². The van der Waals surface area contributed by atoms with Gasteiger partial charge in [0.2, 0.25) is 5.91 Å².